The Labute approximate surface area is 187 Å². The number of non-ortho nitro benzene ring substituents is 1. The Bertz CT molecular complexity index is 1160. The van der Waals surface area contributed by atoms with E-state index in [4.69, 9.17) is 9.47 Å². The number of benzene rings is 3. The molecule has 7 heteroatoms. The third-order valence-electron chi connectivity index (χ3n) is 5.18. The van der Waals surface area contributed by atoms with Crippen molar-refractivity contribution in [2.75, 3.05) is 11.9 Å². The van der Waals surface area contributed by atoms with Crippen LogP contribution in [-0.2, 0) is 6.61 Å². The summed E-state index contributed by atoms with van der Waals surface area (Å²) in [5.41, 5.74) is 4.49. The zero-order chi connectivity index (χ0) is 23.3. The first kappa shape index (κ1) is 22.8. The van der Waals surface area contributed by atoms with E-state index in [2.05, 4.69) is 5.32 Å². The van der Waals surface area contributed by atoms with Crippen LogP contribution in [-0.4, -0.2) is 17.4 Å². The van der Waals surface area contributed by atoms with E-state index in [-0.39, 0.29) is 18.2 Å². The summed E-state index contributed by atoms with van der Waals surface area (Å²) >= 11 is 0. The smallest absolute Gasteiger partial charge is 0.271 e. The standard InChI is InChI=1S/C25H26N2O5/c1-5-31-24-11-8-19(13-20(24)15-32-22-10-7-16(2)18(4)12-22)25(28)26-23-14-21(27(29)30)9-6-17(23)3/h6-14H,5,15H2,1-4H3,(H,26,28). The second kappa shape index (κ2) is 9.96. The molecule has 0 fully saturated rings. The molecular formula is C25H26N2O5. The maximum Gasteiger partial charge on any atom is 0.271 e. The third kappa shape index (κ3) is 5.43. The van der Waals surface area contributed by atoms with Crippen molar-refractivity contribution in [3.05, 3.63) is 92.5 Å². The minimum Gasteiger partial charge on any atom is -0.493 e. The molecule has 0 aromatic heterocycles. The number of amides is 1. The molecule has 0 aliphatic rings. The van der Waals surface area contributed by atoms with Crippen molar-refractivity contribution in [2.45, 2.75) is 34.3 Å². The molecule has 0 aliphatic heterocycles. The highest BCUT2D eigenvalue weighted by Gasteiger charge is 2.15. The molecule has 0 heterocycles. The van der Waals surface area contributed by atoms with E-state index in [0.29, 0.717) is 23.6 Å². The Morgan fingerprint density at radius 3 is 2.38 bits per heavy atom. The third-order valence-corrected chi connectivity index (χ3v) is 5.18. The maximum atomic E-state index is 12.9. The van der Waals surface area contributed by atoms with Gasteiger partial charge in [-0.2, -0.15) is 0 Å². The lowest BCUT2D eigenvalue weighted by Crippen LogP contribution is -2.14. The highest BCUT2D eigenvalue weighted by molar-refractivity contribution is 6.05. The number of hydrogen-bond donors (Lipinski definition) is 1. The summed E-state index contributed by atoms with van der Waals surface area (Å²) < 4.78 is 11.6. The van der Waals surface area contributed by atoms with Crippen LogP contribution in [0.4, 0.5) is 11.4 Å². The lowest BCUT2D eigenvalue weighted by molar-refractivity contribution is -0.384. The number of nitrogens with one attached hydrogen (secondary N) is 1. The second-order valence-corrected chi connectivity index (χ2v) is 7.50. The topological polar surface area (TPSA) is 90.7 Å². The van der Waals surface area contributed by atoms with Crippen molar-refractivity contribution in [2.24, 2.45) is 0 Å². The summed E-state index contributed by atoms with van der Waals surface area (Å²) in [6.07, 6.45) is 0. The number of rotatable bonds is 8. The Morgan fingerprint density at radius 2 is 1.69 bits per heavy atom. The molecule has 0 saturated heterocycles. The monoisotopic (exact) mass is 434 g/mol. The summed E-state index contributed by atoms with van der Waals surface area (Å²) in [5, 5.41) is 13.8. The quantitative estimate of drug-likeness (QED) is 0.360. The Hall–Kier alpha value is -3.87. The van der Waals surface area contributed by atoms with E-state index in [1.54, 1.807) is 31.2 Å². The molecule has 0 saturated carbocycles. The van der Waals surface area contributed by atoms with Crippen LogP contribution in [0, 0.1) is 30.9 Å². The van der Waals surface area contributed by atoms with Crippen molar-refractivity contribution in [3.63, 3.8) is 0 Å². The number of nitro benzene ring substituents is 1. The van der Waals surface area contributed by atoms with Gasteiger partial charge in [-0.1, -0.05) is 12.1 Å². The first-order chi connectivity index (χ1) is 15.3. The SMILES string of the molecule is CCOc1ccc(C(=O)Nc2cc([N+](=O)[O-])ccc2C)cc1COc1ccc(C)c(C)c1. The predicted molar refractivity (Wildman–Crippen MR) is 124 cm³/mol. The molecule has 3 aromatic rings. The molecule has 0 atom stereocenters. The number of aryl methyl sites for hydroxylation is 3. The molecule has 1 N–H and O–H groups in total. The second-order valence-electron chi connectivity index (χ2n) is 7.50. The number of anilines is 1. The average Bonchev–Trinajstić information content (AvgIpc) is 2.76. The van der Waals surface area contributed by atoms with Gasteiger partial charge in [-0.3, -0.25) is 14.9 Å². The molecule has 3 rings (SSSR count). The van der Waals surface area contributed by atoms with Crippen molar-refractivity contribution < 1.29 is 19.2 Å². The summed E-state index contributed by atoms with van der Waals surface area (Å²) in [7, 11) is 0. The van der Waals surface area contributed by atoms with Gasteiger partial charge < -0.3 is 14.8 Å². The van der Waals surface area contributed by atoms with E-state index in [1.165, 1.54) is 17.7 Å². The van der Waals surface area contributed by atoms with Gasteiger partial charge >= 0.3 is 0 Å². The van der Waals surface area contributed by atoms with Crippen LogP contribution in [0.5, 0.6) is 11.5 Å². The fourth-order valence-corrected chi connectivity index (χ4v) is 3.15. The largest absolute Gasteiger partial charge is 0.493 e. The number of ether oxygens (including phenoxy) is 2. The Kier molecular flexibility index (Phi) is 7.10. The van der Waals surface area contributed by atoms with Gasteiger partial charge in [0.05, 0.1) is 17.2 Å². The zero-order valence-electron chi connectivity index (χ0n) is 18.6. The highest BCUT2D eigenvalue weighted by Crippen LogP contribution is 2.26. The molecule has 3 aromatic carbocycles. The lowest BCUT2D eigenvalue weighted by atomic mass is 10.1. The van der Waals surface area contributed by atoms with Gasteiger partial charge in [-0.05, 0) is 74.7 Å². The van der Waals surface area contributed by atoms with Gasteiger partial charge in [0.15, 0.2) is 0 Å². The minimum atomic E-state index is -0.492. The maximum absolute atomic E-state index is 12.9. The van der Waals surface area contributed by atoms with Crippen molar-refractivity contribution in [1.82, 2.24) is 0 Å². The molecule has 0 bridgehead atoms. The van der Waals surface area contributed by atoms with Gasteiger partial charge in [0.25, 0.3) is 11.6 Å². The first-order valence-corrected chi connectivity index (χ1v) is 10.3. The molecule has 0 aliphatic carbocycles. The van der Waals surface area contributed by atoms with Crippen LogP contribution < -0.4 is 14.8 Å². The summed E-state index contributed by atoms with van der Waals surface area (Å²) in [6, 6.07) is 15.4. The minimum absolute atomic E-state index is 0.0833. The molecule has 0 radical (unpaired) electrons. The van der Waals surface area contributed by atoms with E-state index in [9.17, 15) is 14.9 Å². The molecule has 0 spiro atoms. The zero-order valence-corrected chi connectivity index (χ0v) is 18.6. The van der Waals surface area contributed by atoms with Crippen LogP contribution >= 0.6 is 0 Å². The number of hydrogen-bond acceptors (Lipinski definition) is 5. The van der Waals surface area contributed by atoms with Gasteiger partial charge in [0, 0.05) is 23.3 Å². The van der Waals surface area contributed by atoms with Gasteiger partial charge in [0.2, 0.25) is 0 Å². The van der Waals surface area contributed by atoms with Crippen LogP contribution in [0.25, 0.3) is 0 Å². The fraction of sp³-hybridized carbons (Fsp3) is 0.240. The fourth-order valence-electron chi connectivity index (χ4n) is 3.15. The van der Waals surface area contributed by atoms with Crippen molar-refractivity contribution in [1.29, 1.82) is 0 Å². The predicted octanol–water partition coefficient (Wildman–Crippen LogP) is 5.75. The number of carbonyl (C=O) groups is 1. The van der Waals surface area contributed by atoms with Crippen molar-refractivity contribution >= 4 is 17.3 Å². The lowest BCUT2D eigenvalue weighted by Gasteiger charge is -2.14. The van der Waals surface area contributed by atoms with Crippen LogP contribution in [0.1, 0.15) is 39.5 Å². The molecule has 0 unspecified atom stereocenters. The number of nitrogens with zero attached hydrogens (tertiary/aromatic N) is 1. The van der Waals surface area contributed by atoms with Crippen LogP contribution in [0.15, 0.2) is 54.6 Å². The normalized spacial score (nSPS) is 10.5. The molecule has 1 amide bonds. The Balaban J connectivity index is 1.82. The van der Waals surface area contributed by atoms with Crippen LogP contribution in [0.2, 0.25) is 0 Å². The first-order valence-electron chi connectivity index (χ1n) is 10.3. The van der Waals surface area contributed by atoms with Crippen LogP contribution in [0.3, 0.4) is 0 Å². The van der Waals surface area contributed by atoms with Gasteiger partial charge in [-0.25, -0.2) is 0 Å². The molecular weight excluding hydrogens is 408 g/mol. The van der Waals surface area contributed by atoms with E-state index >= 15 is 0 Å². The summed E-state index contributed by atoms with van der Waals surface area (Å²) in [6.45, 7) is 8.44. The Morgan fingerprint density at radius 1 is 0.938 bits per heavy atom. The molecule has 7 nitrogen and oxygen atoms in total. The number of nitro groups is 1. The molecule has 166 valence electrons. The van der Waals surface area contributed by atoms with E-state index in [1.807, 2.05) is 39.0 Å². The van der Waals surface area contributed by atoms with E-state index < -0.39 is 4.92 Å². The molecule has 32 heavy (non-hydrogen) atoms. The van der Waals surface area contributed by atoms with Crippen molar-refractivity contribution in [3.8, 4) is 11.5 Å². The van der Waals surface area contributed by atoms with E-state index in [0.717, 1.165) is 22.4 Å². The summed E-state index contributed by atoms with van der Waals surface area (Å²) in [5.74, 6) is 1.00. The average molecular weight is 434 g/mol. The number of carbonyl (C=O) groups excluding carboxylic acids is 1. The summed E-state index contributed by atoms with van der Waals surface area (Å²) in [4.78, 5) is 23.4. The van der Waals surface area contributed by atoms with Gasteiger partial charge in [0.1, 0.15) is 18.1 Å². The van der Waals surface area contributed by atoms with Gasteiger partial charge in [-0.15, -0.1) is 0 Å². The highest BCUT2D eigenvalue weighted by atomic mass is 16.6.